The number of thioether (sulfide) groups is 1. The summed E-state index contributed by atoms with van der Waals surface area (Å²) in [5, 5.41) is 12.3. The predicted octanol–water partition coefficient (Wildman–Crippen LogP) is 2.51. The molecule has 20 heavy (non-hydrogen) atoms. The average Bonchev–Trinajstić information content (AvgIpc) is 3.19. The molecule has 7 heteroatoms. The molecule has 3 rings (SSSR count). The molecule has 0 bridgehead atoms. The van der Waals surface area contributed by atoms with Gasteiger partial charge in [-0.05, 0) is 47.5 Å². The van der Waals surface area contributed by atoms with Crippen molar-refractivity contribution in [1.82, 2.24) is 20.2 Å². The maximum Gasteiger partial charge on any atom is 0.209 e. The Morgan fingerprint density at radius 1 is 1.35 bits per heavy atom. The summed E-state index contributed by atoms with van der Waals surface area (Å²) >= 11 is 1.48. The summed E-state index contributed by atoms with van der Waals surface area (Å²) in [5.41, 5.74) is 0.536. The summed E-state index contributed by atoms with van der Waals surface area (Å²) in [5.74, 6) is 0.283. The molecule has 0 aliphatic heterocycles. The van der Waals surface area contributed by atoms with Crippen molar-refractivity contribution in [2.24, 2.45) is 0 Å². The van der Waals surface area contributed by atoms with Crippen molar-refractivity contribution in [3.05, 3.63) is 35.6 Å². The monoisotopic (exact) mass is 292 g/mol. The van der Waals surface area contributed by atoms with Crippen molar-refractivity contribution < 1.29 is 9.18 Å². The SMILES string of the molecule is O=C(CCSc1nnnn1C1CC1)c1ccc(F)cc1. The van der Waals surface area contributed by atoms with E-state index in [0.717, 1.165) is 18.0 Å². The van der Waals surface area contributed by atoms with Crippen LogP contribution in [0.3, 0.4) is 0 Å². The predicted molar refractivity (Wildman–Crippen MR) is 72.2 cm³/mol. The zero-order valence-electron chi connectivity index (χ0n) is 10.7. The van der Waals surface area contributed by atoms with Gasteiger partial charge in [-0.2, -0.15) is 0 Å². The van der Waals surface area contributed by atoms with E-state index in [9.17, 15) is 9.18 Å². The number of aromatic nitrogens is 4. The zero-order chi connectivity index (χ0) is 13.9. The highest BCUT2D eigenvalue weighted by molar-refractivity contribution is 7.99. The van der Waals surface area contributed by atoms with Gasteiger partial charge in [0.05, 0.1) is 6.04 Å². The van der Waals surface area contributed by atoms with Crippen LogP contribution in [0.1, 0.15) is 35.7 Å². The van der Waals surface area contributed by atoms with E-state index >= 15 is 0 Å². The second-order valence-corrected chi connectivity index (χ2v) is 5.73. The van der Waals surface area contributed by atoms with E-state index in [4.69, 9.17) is 0 Å². The van der Waals surface area contributed by atoms with Gasteiger partial charge >= 0.3 is 0 Å². The molecule has 0 atom stereocenters. The highest BCUT2D eigenvalue weighted by Crippen LogP contribution is 2.36. The highest BCUT2D eigenvalue weighted by Gasteiger charge is 2.27. The van der Waals surface area contributed by atoms with Crippen LogP contribution in [0.15, 0.2) is 29.4 Å². The molecule has 0 radical (unpaired) electrons. The number of tetrazole rings is 1. The zero-order valence-corrected chi connectivity index (χ0v) is 11.5. The first-order valence-electron chi connectivity index (χ1n) is 6.43. The first-order valence-corrected chi connectivity index (χ1v) is 7.42. The van der Waals surface area contributed by atoms with Gasteiger partial charge in [0.25, 0.3) is 0 Å². The topological polar surface area (TPSA) is 60.7 Å². The number of carbonyl (C=O) groups is 1. The molecule has 0 amide bonds. The lowest BCUT2D eigenvalue weighted by atomic mass is 10.1. The Morgan fingerprint density at radius 3 is 2.80 bits per heavy atom. The Balaban J connectivity index is 1.53. The highest BCUT2D eigenvalue weighted by atomic mass is 32.2. The molecular formula is C13H13FN4OS. The number of ketones is 1. The normalized spacial score (nSPS) is 14.4. The number of benzene rings is 1. The Labute approximate surface area is 119 Å². The largest absolute Gasteiger partial charge is 0.294 e. The number of Topliss-reactive ketones (excluding diaryl/α,β-unsaturated/α-hetero) is 1. The molecule has 5 nitrogen and oxygen atoms in total. The van der Waals surface area contributed by atoms with E-state index in [2.05, 4.69) is 15.5 Å². The van der Waals surface area contributed by atoms with E-state index < -0.39 is 0 Å². The van der Waals surface area contributed by atoms with E-state index in [-0.39, 0.29) is 11.6 Å². The lowest BCUT2D eigenvalue weighted by Gasteiger charge is -2.02. The van der Waals surface area contributed by atoms with Crippen molar-refractivity contribution in [2.45, 2.75) is 30.5 Å². The van der Waals surface area contributed by atoms with Crippen LogP contribution in [-0.2, 0) is 0 Å². The number of nitrogens with zero attached hydrogens (tertiary/aromatic N) is 4. The fourth-order valence-corrected chi connectivity index (χ4v) is 2.73. The average molecular weight is 292 g/mol. The minimum Gasteiger partial charge on any atom is -0.294 e. The van der Waals surface area contributed by atoms with Gasteiger partial charge in [0.15, 0.2) is 5.78 Å². The molecule has 104 valence electrons. The standard InChI is InChI=1S/C13H13FN4OS/c14-10-3-1-9(2-4-10)12(19)7-8-20-13-15-16-17-18(13)11-5-6-11/h1-4,11H,5-8H2. The molecule has 1 aliphatic rings. The molecule has 0 unspecified atom stereocenters. The van der Waals surface area contributed by atoms with Crippen LogP contribution in [0.5, 0.6) is 0 Å². The van der Waals surface area contributed by atoms with Crippen LogP contribution < -0.4 is 0 Å². The number of hydrogen-bond donors (Lipinski definition) is 0. The second-order valence-electron chi connectivity index (χ2n) is 4.67. The second kappa shape index (κ2) is 5.70. The number of hydrogen-bond acceptors (Lipinski definition) is 5. The molecule has 1 heterocycles. The minimum absolute atomic E-state index is 0.00273. The quantitative estimate of drug-likeness (QED) is 0.605. The molecule has 1 aromatic carbocycles. The van der Waals surface area contributed by atoms with E-state index in [1.165, 1.54) is 36.0 Å². The van der Waals surface area contributed by atoms with E-state index in [1.54, 1.807) is 0 Å². The third kappa shape index (κ3) is 3.04. The Morgan fingerprint density at radius 2 is 2.10 bits per heavy atom. The molecule has 2 aromatic rings. The molecule has 1 fully saturated rings. The van der Waals surface area contributed by atoms with Gasteiger partial charge < -0.3 is 0 Å². The molecule has 1 saturated carbocycles. The lowest BCUT2D eigenvalue weighted by molar-refractivity contribution is 0.0989. The summed E-state index contributed by atoms with van der Waals surface area (Å²) in [7, 11) is 0. The maximum absolute atomic E-state index is 12.8. The molecule has 1 aromatic heterocycles. The Hall–Kier alpha value is -1.76. The van der Waals surface area contributed by atoms with Crippen LogP contribution in [-0.4, -0.2) is 31.7 Å². The van der Waals surface area contributed by atoms with Crippen molar-refractivity contribution in [3.8, 4) is 0 Å². The van der Waals surface area contributed by atoms with Crippen LogP contribution in [0, 0.1) is 5.82 Å². The fraction of sp³-hybridized carbons (Fsp3) is 0.385. The summed E-state index contributed by atoms with van der Waals surface area (Å²) in [6.07, 6.45) is 2.62. The number of carbonyl (C=O) groups excluding carboxylic acids is 1. The van der Waals surface area contributed by atoms with Gasteiger partial charge in [0.1, 0.15) is 5.82 Å². The summed E-state index contributed by atoms with van der Waals surface area (Å²) in [4.78, 5) is 11.9. The molecule has 0 saturated heterocycles. The number of rotatable bonds is 6. The van der Waals surface area contributed by atoms with Crippen molar-refractivity contribution >= 4 is 17.5 Å². The van der Waals surface area contributed by atoms with Crippen molar-refractivity contribution in [3.63, 3.8) is 0 Å². The summed E-state index contributed by atoms with van der Waals surface area (Å²) in [6, 6.07) is 6.05. The first kappa shape index (κ1) is 13.2. The van der Waals surface area contributed by atoms with Gasteiger partial charge in [-0.3, -0.25) is 4.79 Å². The van der Waals surface area contributed by atoms with Crippen molar-refractivity contribution in [2.75, 3.05) is 5.75 Å². The van der Waals surface area contributed by atoms with Gasteiger partial charge in [-0.15, -0.1) is 5.10 Å². The first-order chi connectivity index (χ1) is 9.74. The smallest absolute Gasteiger partial charge is 0.209 e. The maximum atomic E-state index is 12.8. The van der Waals surface area contributed by atoms with Gasteiger partial charge in [0, 0.05) is 17.7 Å². The summed E-state index contributed by atoms with van der Waals surface area (Å²) in [6.45, 7) is 0. The third-order valence-corrected chi connectivity index (χ3v) is 4.02. The van der Waals surface area contributed by atoms with E-state index in [0.29, 0.717) is 23.8 Å². The molecule has 0 spiro atoms. The number of halogens is 1. The molecular weight excluding hydrogens is 279 g/mol. The van der Waals surface area contributed by atoms with Gasteiger partial charge in [0.2, 0.25) is 5.16 Å². The Bertz CT molecular complexity index is 609. The minimum atomic E-state index is -0.334. The van der Waals surface area contributed by atoms with E-state index in [1.807, 2.05) is 4.68 Å². The Kier molecular flexibility index (Phi) is 3.77. The summed E-state index contributed by atoms with van der Waals surface area (Å²) < 4.78 is 14.6. The fourth-order valence-electron chi connectivity index (χ4n) is 1.84. The van der Waals surface area contributed by atoms with Crippen LogP contribution in [0.4, 0.5) is 4.39 Å². The van der Waals surface area contributed by atoms with Gasteiger partial charge in [-0.25, -0.2) is 9.07 Å². The lowest BCUT2D eigenvalue weighted by Crippen LogP contribution is -2.03. The molecule has 1 aliphatic carbocycles. The van der Waals surface area contributed by atoms with Crippen LogP contribution in [0.2, 0.25) is 0 Å². The molecule has 0 N–H and O–H groups in total. The van der Waals surface area contributed by atoms with Gasteiger partial charge in [-0.1, -0.05) is 11.8 Å². The van der Waals surface area contributed by atoms with Crippen molar-refractivity contribution in [1.29, 1.82) is 0 Å². The third-order valence-electron chi connectivity index (χ3n) is 3.08. The van der Waals surface area contributed by atoms with Crippen LogP contribution >= 0.6 is 11.8 Å². The van der Waals surface area contributed by atoms with Crippen LogP contribution in [0.25, 0.3) is 0 Å².